The lowest BCUT2D eigenvalue weighted by Gasteiger charge is -2.06. The second kappa shape index (κ2) is 13.1. The van der Waals surface area contributed by atoms with Crippen LogP contribution in [0.1, 0.15) is 52.0 Å². The van der Waals surface area contributed by atoms with Gasteiger partial charge in [-0.3, -0.25) is 9.48 Å². The molecule has 0 saturated heterocycles. The van der Waals surface area contributed by atoms with E-state index in [1.54, 1.807) is 6.20 Å². The molecule has 2 aromatic carbocycles. The lowest BCUT2D eigenvalue weighted by molar-refractivity contribution is -0.137. The highest BCUT2D eigenvalue weighted by Crippen LogP contribution is 2.27. The fourth-order valence-corrected chi connectivity index (χ4v) is 2.87. The van der Waals surface area contributed by atoms with Crippen LogP contribution in [0.3, 0.4) is 0 Å². The molecule has 33 heavy (non-hydrogen) atoms. The molecule has 0 aliphatic rings. The van der Waals surface area contributed by atoms with Crippen LogP contribution in [0.5, 0.6) is 5.75 Å². The number of hydrogen-bond acceptors (Lipinski definition) is 5. The van der Waals surface area contributed by atoms with Crippen LogP contribution >= 0.6 is 0 Å². The van der Waals surface area contributed by atoms with E-state index in [9.17, 15) is 4.79 Å². The molecule has 0 fully saturated rings. The monoisotopic (exact) mass is 451 g/mol. The van der Waals surface area contributed by atoms with Crippen molar-refractivity contribution in [2.45, 2.75) is 60.6 Å². The highest BCUT2D eigenvalue weighted by atomic mass is 16.5. The zero-order valence-corrected chi connectivity index (χ0v) is 20.0. The Kier molecular flexibility index (Phi) is 10.1. The molecule has 4 aromatic rings. The van der Waals surface area contributed by atoms with E-state index < -0.39 is 5.97 Å². The molecular formula is C26H33N3O4. The largest absolute Gasteiger partial charge is 0.486 e. The molecular weight excluding hydrogens is 418 g/mol. The Hall–Kier alpha value is -3.61. The van der Waals surface area contributed by atoms with E-state index in [0.29, 0.717) is 28.6 Å². The van der Waals surface area contributed by atoms with Crippen molar-refractivity contribution in [1.82, 2.24) is 14.8 Å². The fourth-order valence-electron chi connectivity index (χ4n) is 2.87. The Morgan fingerprint density at radius 3 is 2.33 bits per heavy atom. The second-order valence-corrected chi connectivity index (χ2v) is 7.48. The number of aliphatic carboxylic acids is 1. The van der Waals surface area contributed by atoms with Crippen molar-refractivity contribution in [3.63, 3.8) is 0 Å². The summed E-state index contributed by atoms with van der Waals surface area (Å²) in [6.45, 7) is 10.4. The smallest absolute Gasteiger partial charge is 0.325 e. The minimum absolute atomic E-state index is 0.199. The van der Waals surface area contributed by atoms with E-state index in [1.807, 2.05) is 55.5 Å². The van der Waals surface area contributed by atoms with Crippen LogP contribution in [0.2, 0.25) is 0 Å². The first-order valence-corrected chi connectivity index (χ1v) is 11.3. The number of aryl methyl sites for hydroxylation is 1. The molecule has 1 N–H and O–H groups in total. The maximum atomic E-state index is 11.0. The van der Waals surface area contributed by atoms with E-state index in [0.717, 1.165) is 10.9 Å². The Morgan fingerprint density at radius 2 is 1.70 bits per heavy atom. The average molecular weight is 452 g/mol. The van der Waals surface area contributed by atoms with E-state index in [-0.39, 0.29) is 13.2 Å². The van der Waals surface area contributed by atoms with Crippen LogP contribution in [0.4, 0.5) is 0 Å². The van der Waals surface area contributed by atoms with Crippen LogP contribution in [-0.4, -0.2) is 25.8 Å². The molecule has 0 radical (unpaired) electrons. The van der Waals surface area contributed by atoms with Crippen molar-refractivity contribution < 1.29 is 19.1 Å². The molecule has 0 unspecified atom stereocenters. The summed E-state index contributed by atoms with van der Waals surface area (Å²) >= 11 is 0. The lowest BCUT2D eigenvalue weighted by atomic mass is 10.2. The maximum Gasteiger partial charge on any atom is 0.325 e. The van der Waals surface area contributed by atoms with Crippen LogP contribution < -0.4 is 4.74 Å². The molecule has 0 aliphatic carbocycles. The van der Waals surface area contributed by atoms with Gasteiger partial charge in [0.25, 0.3) is 0 Å². The number of carboxylic acids is 1. The Balaban J connectivity index is 0.000000582. The molecule has 0 aliphatic heterocycles. The third-order valence-corrected chi connectivity index (χ3v) is 4.21. The number of nitrogens with zero attached hydrogens (tertiary/aromatic N) is 3. The highest BCUT2D eigenvalue weighted by Gasteiger charge is 2.14. The normalized spacial score (nSPS) is 10.1. The van der Waals surface area contributed by atoms with E-state index >= 15 is 0 Å². The molecule has 0 atom stereocenters. The van der Waals surface area contributed by atoms with Gasteiger partial charge >= 0.3 is 5.97 Å². The summed E-state index contributed by atoms with van der Waals surface area (Å²) in [5.41, 5.74) is 2.32. The van der Waals surface area contributed by atoms with E-state index in [2.05, 4.69) is 37.8 Å². The van der Waals surface area contributed by atoms with Crippen molar-refractivity contribution in [2.24, 2.45) is 0 Å². The first kappa shape index (κ1) is 25.6. The Bertz CT molecular complexity index is 1130. The summed E-state index contributed by atoms with van der Waals surface area (Å²) in [7, 11) is 0. The number of aromatic nitrogens is 3. The van der Waals surface area contributed by atoms with Gasteiger partial charge in [-0.2, -0.15) is 5.10 Å². The molecule has 0 bridgehead atoms. The first-order valence-electron chi connectivity index (χ1n) is 11.3. The highest BCUT2D eigenvalue weighted by molar-refractivity contribution is 5.86. The number of fused-ring (bicyclic) bond motifs is 1. The predicted molar refractivity (Wildman–Crippen MR) is 130 cm³/mol. The number of carbonyl (C=O) groups is 1. The molecule has 2 aromatic heterocycles. The molecule has 2 heterocycles. The zero-order chi connectivity index (χ0) is 24.2. The van der Waals surface area contributed by atoms with Crippen LogP contribution in [0.15, 0.2) is 59.1 Å². The second-order valence-electron chi connectivity index (χ2n) is 7.48. The Labute approximate surface area is 195 Å². The molecule has 0 saturated carbocycles. The summed E-state index contributed by atoms with van der Waals surface area (Å²) in [5, 5.41) is 13.9. The van der Waals surface area contributed by atoms with Gasteiger partial charge in [0.2, 0.25) is 5.89 Å². The molecule has 0 spiro atoms. The number of oxazole rings is 1. The van der Waals surface area contributed by atoms with E-state index in [4.69, 9.17) is 14.3 Å². The van der Waals surface area contributed by atoms with Crippen molar-refractivity contribution in [3.05, 3.63) is 66.2 Å². The minimum Gasteiger partial charge on any atom is -0.486 e. The summed E-state index contributed by atoms with van der Waals surface area (Å²) in [6, 6.07) is 15.1. The van der Waals surface area contributed by atoms with Crippen molar-refractivity contribution in [3.8, 4) is 17.2 Å². The van der Waals surface area contributed by atoms with Crippen molar-refractivity contribution >= 4 is 16.9 Å². The number of ether oxygens (including phenoxy) is 1. The minimum atomic E-state index is -0.946. The summed E-state index contributed by atoms with van der Waals surface area (Å²) in [6.07, 6.45) is 4.11. The first-order chi connectivity index (χ1) is 15.9. The van der Waals surface area contributed by atoms with Crippen LogP contribution in [0.25, 0.3) is 22.4 Å². The van der Waals surface area contributed by atoms with Gasteiger partial charge in [-0.25, -0.2) is 4.98 Å². The van der Waals surface area contributed by atoms with Crippen LogP contribution in [0, 0.1) is 6.92 Å². The number of benzene rings is 2. The van der Waals surface area contributed by atoms with Gasteiger partial charge < -0.3 is 14.3 Å². The van der Waals surface area contributed by atoms with Crippen molar-refractivity contribution in [1.29, 1.82) is 0 Å². The third-order valence-electron chi connectivity index (χ3n) is 4.21. The van der Waals surface area contributed by atoms with Gasteiger partial charge in [0.15, 0.2) is 0 Å². The van der Waals surface area contributed by atoms with E-state index in [1.165, 1.54) is 17.5 Å². The number of rotatable bonds is 6. The quantitative estimate of drug-likeness (QED) is 0.360. The van der Waals surface area contributed by atoms with Crippen molar-refractivity contribution in [2.75, 3.05) is 0 Å². The fraction of sp³-hybridized carbons (Fsp3) is 0.346. The van der Waals surface area contributed by atoms with Gasteiger partial charge in [-0.05, 0) is 31.2 Å². The SMILES string of the molecule is CCC.CCC.Cc1oc(-c2ccccc2)nc1COc1cccc2c1cnn2CC(=O)O. The molecule has 176 valence electrons. The van der Waals surface area contributed by atoms with Crippen LogP contribution in [-0.2, 0) is 17.9 Å². The number of hydrogen-bond donors (Lipinski definition) is 1. The van der Waals surface area contributed by atoms with Gasteiger partial charge in [0.1, 0.15) is 30.4 Å². The maximum absolute atomic E-state index is 11.0. The predicted octanol–water partition coefficient (Wildman–Crippen LogP) is 6.50. The molecule has 7 nitrogen and oxygen atoms in total. The lowest BCUT2D eigenvalue weighted by Crippen LogP contribution is -2.09. The van der Waals surface area contributed by atoms with Gasteiger partial charge in [0, 0.05) is 5.56 Å². The van der Waals surface area contributed by atoms with Gasteiger partial charge in [-0.15, -0.1) is 0 Å². The summed E-state index contributed by atoms with van der Waals surface area (Å²) in [5.74, 6) is 0.924. The van der Waals surface area contributed by atoms with Gasteiger partial charge in [-0.1, -0.05) is 64.8 Å². The standard InChI is InChI=1S/C20H17N3O4.2C3H8/c1-13-16(22-20(27-13)14-6-3-2-4-7-14)12-26-18-9-5-8-17-15(18)10-21-23(17)11-19(24)25;2*1-3-2/h2-10H,11-12H2,1H3,(H,24,25);2*3H2,1-2H3. The zero-order valence-electron chi connectivity index (χ0n) is 20.0. The third kappa shape index (κ3) is 7.20. The summed E-state index contributed by atoms with van der Waals surface area (Å²) in [4.78, 5) is 15.5. The topological polar surface area (TPSA) is 90.4 Å². The molecule has 4 rings (SSSR count). The number of carboxylic acid groups (broad SMARTS) is 1. The summed E-state index contributed by atoms with van der Waals surface area (Å²) < 4.78 is 13.1. The molecule has 7 heteroatoms. The average Bonchev–Trinajstić information content (AvgIpc) is 3.37. The van der Waals surface area contributed by atoms with Gasteiger partial charge in [0.05, 0.1) is 17.1 Å². The Morgan fingerprint density at radius 1 is 1.03 bits per heavy atom. The molecule has 0 amide bonds.